The quantitative estimate of drug-likeness (QED) is 0.346. The largest absolute Gasteiger partial charge is 0.356 e. The van der Waals surface area contributed by atoms with Gasteiger partial charge >= 0.3 is 0 Å². The number of nitrogens with one attached hydrogen (secondary N) is 1. The summed E-state index contributed by atoms with van der Waals surface area (Å²) in [5.74, 6) is 0. The Balaban J connectivity index is 3.05. The Morgan fingerprint density at radius 1 is 1.58 bits per heavy atom. The highest BCUT2D eigenvalue weighted by atomic mass is 16.6. The number of unbranched alkanes of at least 4 members (excludes halogenated alkanes) is 1. The van der Waals surface area contributed by atoms with E-state index < -0.39 is 6.41 Å². The lowest BCUT2D eigenvalue weighted by atomic mass is 10.1. The van der Waals surface area contributed by atoms with Crippen molar-refractivity contribution in [3.05, 3.63) is 12.2 Å². The molecule has 0 radical (unpaired) electrons. The predicted molar refractivity (Wildman–Crippen MR) is 49.7 cm³/mol. The van der Waals surface area contributed by atoms with Crippen molar-refractivity contribution >= 4 is 0 Å². The van der Waals surface area contributed by atoms with E-state index in [1.165, 1.54) is 12.7 Å². The summed E-state index contributed by atoms with van der Waals surface area (Å²) in [6.45, 7) is 6.61. The molecule has 0 aliphatic heterocycles. The maximum atomic E-state index is 8.92. The summed E-state index contributed by atoms with van der Waals surface area (Å²) in [7, 11) is 1.46. The summed E-state index contributed by atoms with van der Waals surface area (Å²) in [6, 6.07) is 0. The van der Waals surface area contributed by atoms with Gasteiger partial charge in [0.2, 0.25) is 6.41 Å². The molecule has 0 rings (SSSR count). The van der Waals surface area contributed by atoms with E-state index in [0.29, 0.717) is 0 Å². The van der Waals surface area contributed by atoms with E-state index in [-0.39, 0.29) is 0 Å². The number of rotatable bonds is 7. The summed E-state index contributed by atoms with van der Waals surface area (Å²) >= 11 is 0. The topological polar surface area (TPSA) is 41.5 Å². The first-order chi connectivity index (χ1) is 5.66. The molecule has 2 N–H and O–H groups in total. The first kappa shape index (κ1) is 11.6. The van der Waals surface area contributed by atoms with Crippen LogP contribution in [0.25, 0.3) is 0 Å². The van der Waals surface area contributed by atoms with E-state index in [0.717, 1.165) is 25.8 Å². The molecule has 1 atom stereocenters. The predicted octanol–water partition coefficient (Wildman–Crippen LogP) is 1.24. The van der Waals surface area contributed by atoms with Crippen LogP contribution >= 0.6 is 0 Å². The van der Waals surface area contributed by atoms with Crippen LogP contribution in [0.1, 0.15) is 26.2 Å². The minimum absolute atomic E-state index is 0.780. The van der Waals surface area contributed by atoms with Crippen LogP contribution in [0.15, 0.2) is 12.2 Å². The zero-order valence-electron chi connectivity index (χ0n) is 7.97. The highest BCUT2D eigenvalue weighted by Gasteiger charge is 1.97. The summed E-state index contributed by atoms with van der Waals surface area (Å²) < 4.78 is 4.60. The van der Waals surface area contributed by atoms with Crippen molar-refractivity contribution in [2.75, 3.05) is 13.7 Å². The van der Waals surface area contributed by atoms with Gasteiger partial charge in [-0.3, -0.25) is 5.32 Å². The van der Waals surface area contributed by atoms with Crippen molar-refractivity contribution in [3.63, 3.8) is 0 Å². The molecule has 0 fully saturated rings. The zero-order valence-corrected chi connectivity index (χ0v) is 7.97. The molecular weight excluding hydrogens is 154 g/mol. The average Bonchev–Trinajstić information content (AvgIpc) is 2.03. The van der Waals surface area contributed by atoms with Crippen LogP contribution in [0.2, 0.25) is 0 Å². The van der Waals surface area contributed by atoms with Crippen LogP contribution in [-0.4, -0.2) is 25.2 Å². The van der Waals surface area contributed by atoms with Crippen molar-refractivity contribution in [2.45, 2.75) is 32.6 Å². The fourth-order valence-corrected chi connectivity index (χ4v) is 0.861. The summed E-state index contributed by atoms with van der Waals surface area (Å²) in [5.41, 5.74) is 1.21. The number of aliphatic hydroxyl groups is 1. The molecule has 0 aromatic heterocycles. The molecule has 0 saturated heterocycles. The standard InChI is InChI=1S/C9H19NO2/c1-8(2)6-4-5-7-10-9(11)12-3/h9-11H,1,4-7H2,2-3H3. The van der Waals surface area contributed by atoms with E-state index in [9.17, 15) is 0 Å². The molecule has 0 bridgehead atoms. The maximum Gasteiger partial charge on any atom is 0.213 e. The molecule has 0 spiro atoms. The summed E-state index contributed by atoms with van der Waals surface area (Å²) in [4.78, 5) is 0. The smallest absolute Gasteiger partial charge is 0.213 e. The molecule has 0 aromatic carbocycles. The fraction of sp³-hybridized carbons (Fsp3) is 0.778. The van der Waals surface area contributed by atoms with Crippen LogP contribution in [-0.2, 0) is 4.74 Å². The molecule has 0 saturated carbocycles. The van der Waals surface area contributed by atoms with Crippen molar-refractivity contribution in [2.24, 2.45) is 0 Å². The zero-order chi connectivity index (χ0) is 9.40. The third-order valence-electron chi connectivity index (χ3n) is 1.57. The summed E-state index contributed by atoms with van der Waals surface area (Å²) in [6.07, 6.45) is 2.38. The molecule has 0 aromatic rings. The second-order valence-electron chi connectivity index (χ2n) is 2.96. The first-order valence-corrected chi connectivity index (χ1v) is 4.25. The van der Waals surface area contributed by atoms with Crippen molar-refractivity contribution in [1.82, 2.24) is 5.32 Å². The van der Waals surface area contributed by atoms with Gasteiger partial charge in [0, 0.05) is 7.11 Å². The lowest BCUT2D eigenvalue weighted by Gasteiger charge is -2.09. The van der Waals surface area contributed by atoms with Crippen LogP contribution < -0.4 is 5.32 Å². The van der Waals surface area contributed by atoms with E-state index in [4.69, 9.17) is 5.11 Å². The number of hydrogen-bond donors (Lipinski definition) is 2. The number of aliphatic hydroxyl groups excluding tert-OH is 1. The van der Waals surface area contributed by atoms with Gasteiger partial charge in [-0.1, -0.05) is 5.57 Å². The van der Waals surface area contributed by atoms with Crippen molar-refractivity contribution in [3.8, 4) is 0 Å². The monoisotopic (exact) mass is 173 g/mol. The molecule has 12 heavy (non-hydrogen) atoms. The highest BCUT2D eigenvalue weighted by Crippen LogP contribution is 2.02. The molecule has 0 heterocycles. The minimum atomic E-state index is -0.824. The van der Waals surface area contributed by atoms with E-state index in [2.05, 4.69) is 16.6 Å². The van der Waals surface area contributed by atoms with Crippen molar-refractivity contribution in [1.29, 1.82) is 0 Å². The first-order valence-electron chi connectivity index (χ1n) is 4.25. The van der Waals surface area contributed by atoms with Gasteiger partial charge < -0.3 is 9.84 Å². The fourth-order valence-electron chi connectivity index (χ4n) is 0.861. The Labute approximate surface area is 74.4 Å². The SMILES string of the molecule is C=C(C)CCCCNC(O)OC. The van der Waals surface area contributed by atoms with Gasteiger partial charge in [-0.05, 0) is 32.7 Å². The molecular formula is C9H19NO2. The molecule has 0 aliphatic carbocycles. The van der Waals surface area contributed by atoms with E-state index >= 15 is 0 Å². The third-order valence-corrected chi connectivity index (χ3v) is 1.57. The molecule has 0 aliphatic rings. The van der Waals surface area contributed by atoms with Crippen LogP contribution in [0.3, 0.4) is 0 Å². The Kier molecular flexibility index (Phi) is 7.05. The number of hydrogen-bond acceptors (Lipinski definition) is 3. The summed E-state index contributed by atoms with van der Waals surface area (Å²) in [5, 5.41) is 11.7. The van der Waals surface area contributed by atoms with Gasteiger partial charge in [-0.2, -0.15) is 0 Å². The lowest BCUT2D eigenvalue weighted by Crippen LogP contribution is -2.30. The number of methoxy groups -OCH3 is 1. The highest BCUT2D eigenvalue weighted by molar-refractivity contribution is 4.87. The van der Waals surface area contributed by atoms with Crippen LogP contribution in [0.5, 0.6) is 0 Å². The lowest BCUT2D eigenvalue weighted by molar-refractivity contribution is -0.0963. The van der Waals surface area contributed by atoms with Gasteiger partial charge in [0.05, 0.1) is 0 Å². The Morgan fingerprint density at radius 2 is 2.25 bits per heavy atom. The third kappa shape index (κ3) is 7.72. The van der Waals surface area contributed by atoms with Gasteiger partial charge in [-0.15, -0.1) is 6.58 Å². The second kappa shape index (κ2) is 7.28. The Morgan fingerprint density at radius 3 is 2.75 bits per heavy atom. The van der Waals surface area contributed by atoms with E-state index in [1.54, 1.807) is 0 Å². The minimum Gasteiger partial charge on any atom is -0.356 e. The van der Waals surface area contributed by atoms with Gasteiger partial charge in [0.25, 0.3) is 0 Å². The van der Waals surface area contributed by atoms with Gasteiger partial charge in [0.15, 0.2) is 0 Å². The van der Waals surface area contributed by atoms with Crippen LogP contribution in [0.4, 0.5) is 0 Å². The molecule has 0 amide bonds. The Hall–Kier alpha value is -0.380. The van der Waals surface area contributed by atoms with Crippen molar-refractivity contribution < 1.29 is 9.84 Å². The number of ether oxygens (including phenoxy) is 1. The molecule has 72 valence electrons. The molecule has 3 heteroatoms. The Bertz CT molecular complexity index is 126. The van der Waals surface area contributed by atoms with E-state index in [1.807, 2.05) is 6.92 Å². The average molecular weight is 173 g/mol. The normalized spacial score (nSPS) is 12.9. The van der Waals surface area contributed by atoms with Crippen LogP contribution in [0, 0.1) is 0 Å². The number of allylic oxidation sites excluding steroid dienone is 1. The maximum absolute atomic E-state index is 8.92. The second-order valence-corrected chi connectivity index (χ2v) is 2.96. The van der Waals surface area contributed by atoms with Gasteiger partial charge in [0.1, 0.15) is 0 Å². The van der Waals surface area contributed by atoms with Gasteiger partial charge in [-0.25, -0.2) is 0 Å². The molecule has 3 nitrogen and oxygen atoms in total. The molecule has 1 unspecified atom stereocenters.